The number of carbonyl (C=O) groups excluding carboxylic acids is 1. The molecule has 0 aliphatic heterocycles. The zero-order valence-corrected chi connectivity index (χ0v) is 13.4. The molecule has 2 rings (SSSR count). The van der Waals surface area contributed by atoms with Gasteiger partial charge in [-0.25, -0.2) is 4.98 Å². The van der Waals surface area contributed by atoms with Gasteiger partial charge < -0.3 is 10.6 Å². The maximum Gasteiger partial charge on any atom is 0.269 e. The molecule has 0 radical (unpaired) electrons. The van der Waals surface area contributed by atoms with E-state index in [9.17, 15) is 4.79 Å². The van der Waals surface area contributed by atoms with Crippen LogP contribution in [0.1, 0.15) is 29.4 Å². The van der Waals surface area contributed by atoms with Crippen molar-refractivity contribution in [2.75, 3.05) is 18.4 Å². The summed E-state index contributed by atoms with van der Waals surface area (Å²) >= 11 is 5.86. The van der Waals surface area contributed by atoms with Crippen LogP contribution < -0.4 is 10.6 Å². The van der Waals surface area contributed by atoms with Gasteiger partial charge >= 0.3 is 0 Å². The number of hydrogen-bond acceptors (Lipinski definition) is 3. The fourth-order valence-corrected chi connectivity index (χ4v) is 2.09. The monoisotopic (exact) mass is 317 g/mol. The molecule has 1 heterocycles. The summed E-state index contributed by atoms with van der Waals surface area (Å²) in [4.78, 5) is 15.9. The smallest absolute Gasteiger partial charge is 0.269 e. The number of nitrogens with one attached hydrogen (secondary N) is 2. The van der Waals surface area contributed by atoms with E-state index in [1.54, 1.807) is 12.3 Å². The average molecular weight is 318 g/mol. The van der Waals surface area contributed by atoms with Crippen molar-refractivity contribution in [2.24, 2.45) is 0 Å². The Bertz CT molecular complexity index is 596. The van der Waals surface area contributed by atoms with Gasteiger partial charge in [-0.05, 0) is 42.7 Å². The van der Waals surface area contributed by atoms with E-state index >= 15 is 0 Å². The molecule has 1 aromatic heterocycles. The van der Waals surface area contributed by atoms with Gasteiger partial charge in [-0.2, -0.15) is 0 Å². The number of rotatable bonds is 7. The van der Waals surface area contributed by atoms with Crippen LogP contribution in [0, 0.1) is 0 Å². The van der Waals surface area contributed by atoms with Crippen molar-refractivity contribution in [2.45, 2.75) is 19.8 Å². The van der Waals surface area contributed by atoms with Crippen molar-refractivity contribution >= 4 is 23.2 Å². The van der Waals surface area contributed by atoms with Crippen LogP contribution in [-0.2, 0) is 6.42 Å². The first kappa shape index (κ1) is 16.3. The van der Waals surface area contributed by atoms with Crippen molar-refractivity contribution < 1.29 is 4.79 Å². The maximum absolute atomic E-state index is 11.7. The Morgan fingerprint density at radius 1 is 1.14 bits per heavy atom. The second kappa shape index (κ2) is 8.39. The first-order chi connectivity index (χ1) is 10.7. The third-order valence-electron chi connectivity index (χ3n) is 3.19. The lowest BCUT2D eigenvalue weighted by molar-refractivity contribution is 0.0949. The van der Waals surface area contributed by atoms with Crippen LogP contribution in [0.4, 0.5) is 5.69 Å². The highest BCUT2D eigenvalue weighted by Gasteiger charge is 2.05. The van der Waals surface area contributed by atoms with Gasteiger partial charge in [0.1, 0.15) is 5.69 Å². The minimum Gasteiger partial charge on any atom is -0.383 e. The predicted octanol–water partition coefficient (Wildman–Crippen LogP) is 3.53. The van der Waals surface area contributed by atoms with Gasteiger partial charge in [0.05, 0.1) is 11.9 Å². The lowest BCUT2D eigenvalue weighted by atomic mass is 10.1. The van der Waals surface area contributed by atoms with E-state index in [4.69, 9.17) is 11.6 Å². The van der Waals surface area contributed by atoms with E-state index in [0.29, 0.717) is 12.2 Å². The summed E-state index contributed by atoms with van der Waals surface area (Å²) in [5, 5.41) is 6.84. The molecule has 0 aliphatic carbocycles. The number of pyridine rings is 1. The molecule has 2 N–H and O–H groups in total. The van der Waals surface area contributed by atoms with Crippen molar-refractivity contribution in [3.05, 3.63) is 58.9 Å². The number of amides is 1. The Balaban J connectivity index is 1.81. The number of halogens is 1. The minimum atomic E-state index is -0.130. The highest BCUT2D eigenvalue weighted by atomic mass is 35.5. The highest BCUT2D eigenvalue weighted by Crippen LogP contribution is 2.11. The maximum atomic E-state index is 11.7. The van der Waals surface area contributed by atoms with Gasteiger partial charge in [0, 0.05) is 18.1 Å². The lowest BCUT2D eigenvalue weighted by Gasteiger charge is -2.07. The van der Waals surface area contributed by atoms with Gasteiger partial charge in [0.25, 0.3) is 5.91 Å². The van der Waals surface area contributed by atoms with E-state index in [1.165, 1.54) is 5.56 Å². The molecule has 0 saturated carbocycles. The first-order valence-corrected chi connectivity index (χ1v) is 7.79. The Morgan fingerprint density at radius 3 is 2.55 bits per heavy atom. The summed E-state index contributed by atoms with van der Waals surface area (Å²) in [6, 6.07) is 11.4. The van der Waals surface area contributed by atoms with Gasteiger partial charge in [-0.1, -0.05) is 30.7 Å². The third-order valence-corrected chi connectivity index (χ3v) is 3.44. The number of hydrogen-bond donors (Lipinski definition) is 2. The average Bonchev–Trinajstić information content (AvgIpc) is 2.55. The predicted molar refractivity (Wildman–Crippen MR) is 90.5 cm³/mol. The van der Waals surface area contributed by atoms with E-state index in [1.807, 2.05) is 37.3 Å². The van der Waals surface area contributed by atoms with Gasteiger partial charge in [-0.15, -0.1) is 0 Å². The molecule has 1 aromatic carbocycles. The Labute approximate surface area is 135 Å². The molecule has 0 fully saturated rings. The molecule has 0 aliphatic rings. The summed E-state index contributed by atoms with van der Waals surface area (Å²) in [6.07, 6.45) is 3.49. The van der Waals surface area contributed by atoms with Crippen molar-refractivity contribution in [3.63, 3.8) is 0 Å². The molecule has 116 valence electrons. The molecule has 0 spiro atoms. The number of carbonyl (C=O) groups is 1. The number of benzene rings is 1. The highest BCUT2D eigenvalue weighted by molar-refractivity contribution is 6.30. The molecule has 22 heavy (non-hydrogen) atoms. The first-order valence-electron chi connectivity index (χ1n) is 7.41. The Morgan fingerprint density at radius 2 is 1.91 bits per heavy atom. The van der Waals surface area contributed by atoms with E-state index in [0.717, 1.165) is 30.1 Å². The molecule has 0 unspecified atom stereocenters. The zero-order valence-electron chi connectivity index (χ0n) is 12.6. The molecule has 2 aromatic rings. The van der Waals surface area contributed by atoms with Crippen LogP contribution in [0.2, 0.25) is 5.02 Å². The molecule has 5 heteroatoms. The molecule has 0 bridgehead atoms. The Hall–Kier alpha value is -2.07. The van der Waals surface area contributed by atoms with E-state index in [2.05, 4.69) is 15.6 Å². The summed E-state index contributed by atoms with van der Waals surface area (Å²) in [5.41, 5.74) is 2.57. The van der Waals surface area contributed by atoms with Crippen LogP contribution >= 0.6 is 11.6 Å². The molecular weight excluding hydrogens is 298 g/mol. The fourth-order valence-electron chi connectivity index (χ4n) is 1.96. The minimum absolute atomic E-state index is 0.130. The molecular formula is C17H20ClN3O. The molecule has 0 saturated heterocycles. The molecule has 4 nitrogen and oxygen atoms in total. The van der Waals surface area contributed by atoms with Crippen LogP contribution in [-0.4, -0.2) is 24.0 Å². The number of anilines is 1. The summed E-state index contributed by atoms with van der Waals surface area (Å²) in [7, 11) is 0. The van der Waals surface area contributed by atoms with Crippen LogP contribution in [0.3, 0.4) is 0 Å². The molecule has 0 atom stereocenters. The zero-order chi connectivity index (χ0) is 15.8. The lowest BCUT2D eigenvalue weighted by Crippen LogP contribution is -2.24. The normalized spacial score (nSPS) is 10.3. The summed E-state index contributed by atoms with van der Waals surface area (Å²) in [6.45, 7) is 3.48. The van der Waals surface area contributed by atoms with E-state index in [-0.39, 0.29) is 5.91 Å². The van der Waals surface area contributed by atoms with Crippen molar-refractivity contribution in [1.82, 2.24) is 10.3 Å². The second-order valence-electron chi connectivity index (χ2n) is 4.99. The molecule has 1 amide bonds. The van der Waals surface area contributed by atoms with Crippen LogP contribution in [0.15, 0.2) is 42.6 Å². The van der Waals surface area contributed by atoms with Crippen LogP contribution in [0.25, 0.3) is 0 Å². The van der Waals surface area contributed by atoms with Gasteiger partial charge in [-0.3, -0.25) is 4.79 Å². The number of nitrogens with zero attached hydrogens (tertiary/aromatic N) is 1. The summed E-state index contributed by atoms with van der Waals surface area (Å²) in [5.74, 6) is -0.130. The summed E-state index contributed by atoms with van der Waals surface area (Å²) < 4.78 is 0. The SMILES string of the molecule is CCCNC(=O)c1ccc(NCCc2ccc(Cl)cc2)cn1. The standard InChI is InChI=1S/C17H20ClN3O/c1-2-10-20-17(22)16-8-7-15(12-21-16)19-11-9-13-3-5-14(18)6-4-13/h3-8,12,19H,2,9-11H2,1H3,(H,20,22). The van der Waals surface area contributed by atoms with Gasteiger partial charge in [0.15, 0.2) is 0 Å². The van der Waals surface area contributed by atoms with Crippen molar-refractivity contribution in [3.8, 4) is 0 Å². The van der Waals surface area contributed by atoms with Gasteiger partial charge in [0.2, 0.25) is 0 Å². The van der Waals surface area contributed by atoms with Crippen molar-refractivity contribution in [1.29, 1.82) is 0 Å². The quantitative estimate of drug-likeness (QED) is 0.821. The largest absolute Gasteiger partial charge is 0.383 e. The second-order valence-corrected chi connectivity index (χ2v) is 5.43. The van der Waals surface area contributed by atoms with E-state index < -0.39 is 0 Å². The fraction of sp³-hybridized carbons (Fsp3) is 0.294. The topological polar surface area (TPSA) is 54.0 Å². The number of aromatic nitrogens is 1. The van der Waals surface area contributed by atoms with Crippen LogP contribution in [0.5, 0.6) is 0 Å². The Kier molecular flexibility index (Phi) is 6.22. The third kappa shape index (κ3) is 5.04.